The van der Waals surface area contributed by atoms with Crippen molar-refractivity contribution in [2.24, 2.45) is 11.8 Å². The third-order valence-electron chi connectivity index (χ3n) is 14.2. The standard InChI is InChI=1S/C62H120O17P2/c1-7-9-11-13-15-17-19-21-25-32-38-44-59(64)72-50-57(79-62(67)47-41-35-27-23-22-24-30-36-42-54(3)4)52-76-80(68,69)74-48-56(63)49-75-81(70,71)77-53-58(51-73-60(65)45-39-33-29-28-31-37-43-55(5)6)78-61(66)46-40-34-26-20-18-16-14-12-10-8-2/h54-58,63H,7-53H2,1-6H3,(H,68,69)(H,70,71)/t56-,57-,58-/m1/s1. The van der Waals surface area contributed by atoms with Crippen LogP contribution in [0.4, 0.5) is 0 Å². The third kappa shape index (κ3) is 56.9. The molecular weight excluding hydrogens is 1080 g/mol. The van der Waals surface area contributed by atoms with E-state index in [1.54, 1.807) is 0 Å². The molecule has 480 valence electrons. The molecule has 3 N–H and O–H groups in total. The van der Waals surface area contributed by atoms with E-state index in [9.17, 15) is 43.2 Å². The van der Waals surface area contributed by atoms with Crippen LogP contribution in [0.2, 0.25) is 0 Å². The number of carbonyl (C=O) groups excluding carboxylic acids is 4. The van der Waals surface area contributed by atoms with E-state index in [0.717, 1.165) is 102 Å². The Kier molecular flexibility index (Phi) is 53.4. The smallest absolute Gasteiger partial charge is 0.462 e. The molecule has 0 rings (SSSR count). The zero-order valence-electron chi connectivity index (χ0n) is 52.1. The molecule has 2 unspecified atom stereocenters. The van der Waals surface area contributed by atoms with E-state index in [-0.39, 0.29) is 25.7 Å². The molecule has 19 heteroatoms. The van der Waals surface area contributed by atoms with Gasteiger partial charge in [-0.25, -0.2) is 9.13 Å². The van der Waals surface area contributed by atoms with Gasteiger partial charge in [-0.05, 0) is 37.5 Å². The predicted octanol–water partition coefficient (Wildman–Crippen LogP) is 16.9. The van der Waals surface area contributed by atoms with E-state index >= 15 is 0 Å². The van der Waals surface area contributed by atoms with E-state index in [2.05, 4.69) is 41.5 Å². The molecule has 5 atom stereocenters. The van der Waals surface area contributed by atoms with E-state index in [1.165, 1.54) is 116 Å². The van der Waals surface area contributed by atoms with Gasteiger partial charge >= 0.3 is 39.5 Å². The SMILES string of the molecule is CCCCCCCCCCCCCC(=O)OC[C@H](COP(=O)(O)OC[C@@H](O)COP(=O)(O)OC[C@@H](COC(=O)CCCCCCCCC(C)C)OC(=O)CCCCCCCCCCCC)OC(=O)CCCCCCCCCCC(C)C. The number of aliphatic hydroxyl groups excluding tert-OH is 1. The highest BCUT2D eigenvalue weighted by atomic mass is 31.2. The molecule has 17 nitrogen and oxygen atoms in total. The van der Waals surface area contributed by atoms with Gasteiger partial charge in [-0.15, -0.1) is 0 Å². The van der Waals surface area contributed by atoms with Gasteiger partial charge < -0.3 is 33.8 Å². The maximum Gasteiger partial charge on any atom is 0.472 e. The first-order valence-electron chi connectivity index (χ1n) is 32.5. The fourth-order valence-electron chi connectivity index (χ4n) is 9.18. The van der Waals surface area contributed by atoms with Gasteiger partial charge in [0.05, 0.1) is 26.4 Å². The van der Waals surface area contributed by atoms with Crippen LogP contribution in [0.15, 0.2) is 0 Å². The van der Waals surface area contributed by atoms with Gasteiger partial charge in [0.2, 0.25) is 0 Å². The monoisotopic (exact) mass is 1200 g/mol. The summed E-state index contributed by atoms with van der Waals surface area (Å²) in [6, 6.07) is 0. The summed E-state index contributed by atoms with van der Waals surface area (Å²) in [5.41, 5.74) is 0. The van der Waals surface area contributed by atoms with Gasteiger partial charge in [0.15, 0.2) is 12.2 Å². The summed E-state index contributed by atoms with van der Waals surface area (Å²) in [5, 5.41) is 10.5. The highest BCUT2D eigenvalue weighted by molar-refractivity contribution is 7.47. The van der Waals surface area contributed by atoms with Crippen LogP contribution in [-0.4, -0.2) is 96.7 Å². The van der Waals surface area contributed by atoms with Crippen LogP contribution in [0.1, 0.15) is 305 Å². The highest BCUT2D eigenvalue weighted by Gasteiger charge is 2.30. The zero-order valence-corrected chi connectivity index (χ0v) is 53.9. The lowest BCUT2D eigenvalue weighted by atomic mass is 10.0. The Balaban J connectivity index is 5.24. The van der Waals surface area contributed by atoms with Crippen molar-refractivity contribution in [3.63, 3.8) is 0 Å². The van der Waals surface area contributed by atoms with Crippen LogP contribution in [0.5, 0.6) is 0 Å². The number of unbranched alkanes of at least 4 members (excludes halogenated alkanes) is 31. The maximum atomic E-state index is 12.9. The molecule has 0 aliphatic heterocycles. The number of esters is 4. The predicted molar refractivity (Wildman–Crippen MR) is 321 cm³/mol. The Labute approximate surface area is 492 Å². The van der Waals surface area contributed by atoms with Crippen molar-refractivity contribution in [3.05, 3.63) is 0 Å². The Bertz CT molecular complexity index is 1600. The lowest BCUT2D eigenvalue weighted by Crippen LogP contribution is -2.30. The van der Waals surface area contributed by atoms with Gasteiger partial charge in [0.25, 0.3) is 0 Å². The van der Waals surface area contributed by atoms with Crippen molar-refractivity contribution < 1.29 is 80.2 Å². The van der Waals surface area contributed by atoms with Gasteiger partial charge in [-0.3, -0.25) is 37.3 Å². The van der Waals surface area contributed by atoms with Gasteiger partial charge in [-0.1, -0.05) is 253 Å². The van der Waals surface area contributed by atoms with Gasteiger partial charge in [0.1, 0.15) is 19.3 Å². The number of hydrogen-bond acceptors (Lipinski definition) is 15. The number of hydrogen-bond donors (Lipinski definition) is 3. The van der Waals surface area contributed by atoms with Gasteiger partial charge in [-0.2, -0.15) is 0 Å². The minimum absolute atomic E-state index is 0.104. The van der Waals surface area contributed by atoms with Crippen molar-refractivity contribution in [1.29, 1.82) is 0 Å². The maximum absolute atomic E-state index is 12.9. The molecule has 0 aromatic heterocycles. The van der Waals surface area contributed by atoms with E-state index < -0.39 is 97.5 Å². The molecule has 0 aromatic carbocycles. The molecule has 0 aliphatic rings. The average Bonchev–Trinajstić information content (AvgIpc) is 3.42. The number of phosphoric ester groups is 2. The quantitative estimate of drug-likeness (QED) is 0.0222. The summed E-state index contributed by atoms with van der Waals surface area (Å²) >= 11 is 0. The van der Waals surface area contributed by atoms with Crippen molar-refractivity contribution in [2.75, 3.05) is 39.6 Å². The molecule has 0 bridgehead atoms. The summed E-state index contributed by atoms with van der Waals surface area (Å²) in [6.07, 6.45) is 36.3. The lowest BCUT2D eigenvalue weighted by Gasteiger charge is -2.21. The minimum atomic E-state index is -4.94. The zero-order chi connectivity index (χ0) is 60.1. The number of carbonyl (C=O) groups is 4. The molecule has 0 amide bonds. The minimum Gasteiger partial charge on any atom is -0.462 e. The summed E-state index contributed by atoms with van der Waals surface area (Å²) in [6.45, 7) is 9.34. The third-order valence-corrected chi connectivity index (χ3v) is 16.1. The van der Waals surface area contributed by atoms with Crippen molar-refractivity contribution in [3.8, 4) is 0 Å². The highest BCUT2D eigenvalue weighted by Crippen LogP contribution is 2.45. The molecule has 0 radical (unpaired) electrons. The van der Waals surface area contributed by atoms with E-state index in [0.29, 0.717) is 31.6 Å². The van der Waals surface area contributed by atoms with E-state index in [4.69, 9.17) is 37.0 Å². The lowest BCUT2D eigenvalue weighted by molar-refractivity contribution is -0.161. The van der Waals surface area contributed by atoms with E-state index in [1.807, 2.05) is 0 Å². The molecule has 81 heavy (non-hydrogen) atoms. The second-order valence-electron chi connectivity index (χ2n) is 23.4. The van der Waals surface area contributed by atoms with Crippen molar-refractivity contribution in [2.45, 2.75) is 323 Å². The Morgan fingerprint density at radius 2 is 0.568 bits per heavy atom. The van der Waals surface area contributed by atoms with Crippen LogP contribution < -0.4 is 0 Å². The summed E-state index contributed by atoms with van der Waals surface area (Å²) in [5.74, 6) is -0.741. The van der Waals surface area contributed by atoms with Crippen LogP contribution >= 0.6 is 15.6 Å². The summed E-state index contributed by atoms with van der Waals surface area (Å²) in [7, 11) is -9.88. The normalized spacial score (nSPS) is 14.4. The molecule has 0 saturated heterocycles. The number of rotatable bonds is 61. The number of ether oxygens (including phenoxy) is 4. The fourth-order valence-corrected chi connectivity index (χ4v) is 10.8. The van der Waals surface area contributed by atoms with Crippen molar-refractivity contribution >= 4 is 39.5 Å². The van der Waals surface area contributed by atoms with Gasteiger partial charge in [0, 0.05) is 25.7 Å². The molecule has 0 fully saturated rings. The molecule has 0 spiro atoms. The van der Waals surface area contributed by atoms with Crippen LogP contribution in [-0.2, 0) is 65.4 Å². The first-order chi connectivity index (χ1) is 38.9. The second-order valence-corrected chi connectivity index (χ2v) is 26.3. The molecular formula is C62H120O17P2. The molecule has 0 saturated carbocycles. The van der Waals surface area contributed by atoms with Crippen molar-refractivity contribution in [1.82, 2.24) is 0 Å². The number of phosphoric acid groups is 2. The Morgan fingerprint density at radius 3 is 0.840 bits per heavy atom. The first-order valence-corrected chi connectivity index (χ1v) is 35.5. The number of aliphatic hydroxyl groups is 1. The molecule has 0 heterocycles. The van der Waals surface area contributed by atoms with Crippen LogP contribution in [0.3, 0.4) is 0 Å². The van der Waals surface area contributed by atoms with Crippen LogP contribution in [0.25, 0.3) is 0 Å². The van der Waals surface area contributed by atoms with Crippen LogP contribution in [0, 0.1) is 11.8 Å². The topological polar surface area (TPSA) is 237 Å². The fraction of sp³-hybridized carbons (Fsp3) is 0.935. The largest absolute Gasteiger partial charge is 0.472 e. The Hall–Kier alpha value is -1.94. The summed E-state index contributed by atoms with van der Waals surface area (Å²) in [4.78, 5) is 72.0. The summed E-state index contributed by atoms with van der Waals surface area (Å²) < 4.78 is 67.9. The first kappa shape index (κ1) is 79.1. The molecule has 0 aliphatic carbocycles. The molecule has 0 aromatic rings. The average molecular weight is 1200 g/mol. The Morgan fingerprint density at radius 1 is 0.333 bits per heavy atom. The second kappa shape index (κ2) is 54.7.